The van der Waals surface area contributed by atoms with Crippen LogP contribution in [0.4, 0.5) is 0 Å². The van der Waals surface area contributed by atoms with Gasteiger partial charge in [-0.05, 0) is 62.6 Å². The largest absolute Gasteiger partial charge is 0.338 e. The third-order valence-corrected chi connectivity index (χ3v) is 6.87. The van der Waals surface area contributed by atoms with Crippen LogP contribution < -0.4 is 0 Å². The van der Waals surface area contributed by atoms with Gasteiger partial charge >= 0.3 is 0 Å². The van der Waals surface area contributed by atoms with Gasteiger partial charge in [0.15, 0.2) is 0 Å². The molecule has 0 aliphatic carbocycles. The third-order valence-electron chi connectivity index (χ3n) is 3.63. The van der Waals surface area contributed by atoms with Gasteiger partial charge in [-0.3, -0.25) is 4.79 Å². The predicted molar refractivity (Wildman–Crippen MR) is 83.2 cm³/mol. The topological polar surface area (TPSA) is 20.3 Å². The molecule has 0 aromatic carbocycles. The zero-order valence-electron chi connectivity index (χ0n) is 10.6. The molecule has 1 aromatic heterocycles. The summed E-state index contributed by atoms with van der Waals surface area (Å²) in [5, 5.41) is 0. The summed E-state index contributed by atoms with van der Waals surface area (Å²) in [6.07, 6.45) is 2.27. The van der Waals surface area contributed by atoms with Crippen LogP contribution in [-0.2, 0) is 0 Å². The molecule has 0 saturated carbocycles. The second-order valence-electron chi connectivity index (χ2n) is 5.11. The Morgan fingerprint density at radius 1 is 1.39 bits per heavy atom. The Morgan fingerprint density at radius 3 is 2.44 bits per heavy atom. The summed E-state index contributed by atoms with van der Waals surface area (Å²) < 4.78 is 1.95. The van der Waals surface area contributed by atoms with E-state index in [4.69, 9.17) is 0 Å². The number of piperidine rings is 1. The molecule has 1 aliphatic rings. The molecule has 0 spiro atoms. The van der Waals surface area contributed by atoms with Crippen molar-refractivity contribution in [3.8, 4) is 0 Å². The number of nitrogens with zero attached hydrogens (tertiary/aromatic N) is 1. The van der Waals surface area contributed by atoms with Crippen LogP contribution in [0.25, 0.3) is 0 Å². The number of hydrogen-bond donors (Lipinski definition) is 0. The summed E-state index contributed by atoms with van der Waals surface area (Å²) in [4.78, 5) is 15.1. The van der Waals surface area contributed by atoms with Crippen molar-refractivity contribution in [1.82, 2.24) is 4.90 Å². The molecule has 2 heterocycles. The van der Waals surface area contributed by atoms with Gasteiger partial charge in [0.1, 0.15) is 0 Å². The summed E-state index contributed by atoms with van der Waals surface area (Å²) >= 11 is 8.37. The summed E-state index contributed by atoms with van der Waals surface area (Å²) in [6.45, 7) is 6.34. The standard InChI is InChI=1S/C13H17Br2NOS/c1-8(2)9-3-5-16(6-4-9)13(17)11-7-10(14)12(15)18-11/h7-9H,3-6H2,1-2H3. The zero-order chi connectivity index (χ0) is 13.3. The van der Waals surface area contributed by atoms with Crippen molar-refractivity contribution in [3.05, 3.63) is 19.2 Å². The van der Waals surface area contributed by atoms with Crippen molar-refractivity contribution in [2.45, 2.75) is 26.7 Å². The van der Waals surface area contributed by atoms with E-state index in [0.717, 1.165) is 50.9 Å². The molecule has 0 N–H and O–H groups in total. The highest BCUT2D eigenvalue weighted by Gasteiger charge is 2.26. The first kappa shape index (κ1) is 14.5. The van der Waals surface area contributed by atoms with E-state index < -0.39 is 0 Å². The van der Waals surface area contributed by atoms with Crippen molar-refractivity contribution >= 4 is 49.1 Å². The Hall–Kier alpha value is 0.130. The van der Waals surface area contributed by atoms with E-state index in [1.165, 1.54) is 11.3 Å². The molecule has 1 aliphatic heterocycles. The Labute approximate surface area is 129 Å². The number of carbonyl (C=O) groups is 1. The van der Waals surface area contributed by atoms with Gasteiger partial charge in [0.05, 0.1) is 8.66 Å². The number of halogens is 2. The third kappa shape index (κ3) is 3.17. The lowest BCUT2D eigenvalue weighted by atomic mass is 9.87. The summed E-state index contributed by atoms with van der Waals surface area (Å²) in [5.41, 5.74) is 0. The molecule has 5 heteroatoms. The van der Waals surface area contributed by atoms with Crippen molar-refractivity contribution in [3.63, 3.8) is 0 Å². The second-order valence-corrected chi connectivity index (χ2v) is 8.33. The minimum atomic E-state index is 0.175. The maximum absolute atomic E-state index is 12.3. The maximum atomic E-state index is 12.3. The van der Waals surface area contributed by atoms with E-state index in [1.54, 1.807) is 0 Å². The van der Waals surface area contributed by atoms with E-state index >= 15 is 0 Å². The van der Waals surface area contributed by atoms with E-state index in [2.05, 4.69) is 45.7 Å². The van der Waals surface area contributed by atoms with Gasteiger partial charge in [0.25, 0.3) is 5.91 Å². The normalized spacial score (nSPS) is 17.5. The molecule has 2 rings (SSSR count). The SMILES string of the molecule is CC(C)C1CCN(C(=O)c2cc(Br)c(Br)s2)CC1. The lowest BCUT2D eigenvalue weighted by Crippen LogP contribution is -2.39. The Bertz CT molecular complexity index is 417. The molecule has 2 nitrogen and oxygen atoms in total. The molecule has 1 aromatic rings. The molecule has 1 amide bonds. The number of rotatable bonds is 2. The molecule has 0 radical (unpaired) electrons. The zero-order valence-corrected chi connectivity index (χ0v) is 14.6. The fraction of sp³-hybridized carbons (Fsp3) is 0.615. The molecular weight excluding hydrogens is 378 g/mol. The molecular formula is C13H17Br2NOS. The van der Waals surface area contributed by atoms with Crippen LogP contribution in [0.15, 0.2) is 14.3 Å². The van der Waals surface area contributed by atoms with E-state index in [0.29, 0.717) is 0 Å². The number of thiophene rings is 1. The fourth-order valence-electron chi connectivity index (χ4n) is 2.38. The minimum absolute atomic E-state index is 0.175. The average Bonchev–Trinajstić information content (AvgIpc) is 2.69. The Morgan fingerprint density at radius 2 is 2.00 bits per heavy atom. The van der Waals surface area contributed by atoms with Gasteiger partial charge < -0.3 is 4.90 Å². The summed E-state index contributed by atoms with van der Waals surface area (Å²) in [5.74, 6) is 1.68. The lowest BCUT2D eigenvalue weighted by Gasteiger charge is -2.33. The van der Waals surface area contributed by atoms with Crippen LogP contribution in [0.5, 0.6) is 0 Å². The predicted octanol–water partition coefficient (Wildman–Crippen LogP) is 4.78. The van der Waals surface area contributed by atoms with Gasteiger partial charge in [-0.25, -0.2) is 0 Å². The quantitative estimate of drug-likeness (QED) is 0.706. The Kier molecular flexibility index (Phi) is 4.89. The first-order valence-electron chi connectivity index (χ1n) is 6.23. The molecule has 0 atom stereocenters. The van der Waals surface area contributed by atoms with Gasteiger partial charge in [-0.1, -0.05) is 13.8 Å². The lowest BCUT2D eigenvalue weighted by molar-refractivity contribution is 0.0672. The number of hydrogen-bond acceptors (Lipinski definition) is 2. The molecule has 1 fully saturated rings. The highest BCUT2D eigenvalue weighted by atomic mass is 79.9. The molecule has 18 heavy (non-hydrogen) atoms. The highest BCUT2D eigenvalue weighted by molar-refractivity contribution is 9.13. The number of carbonyl (C=O) groups excluding carboxylic acids is 1. The maximum Gasteiger partial charge on any atom is 0.264 e. The summed E-state index contributed by atoms with van der Waals surface area (Å²) in [7, 11) is 0. The van der Waals surface area contributed by atoms with Crippen LogP contribution in [0, 0.1) is 11.8 Å². The second kappa shape index (κ2) is 6.06. The first-order chi connectivity index (χ1) is 8.49. The number of amides is 1. The summed E-state index contributed by atoms with van der Waals surface area (Å²) in [6, 6.07) is 1.91. The average molecular weight is 395 g/mol. The van der Waals surface area contributed by atoms with Crippen LogP contribution in [-0.4, -0.2) is 23.9 Å². The van der Waals surface area contributed by atoms with Crippen molar-refractivity contribution in [2.24, 2.45) is 11.8 Å². The van der Waals surface area contributed by atoms with Crippen LogP contribution in [0.1, 0.15) is 36.4 Å². The van der Waals surface area contributed by atoms with Crippen molar-refractivity contribution in [2.75, 3.05) is 13.1 Å². The molecule has 1 saturated heterocycles. The van der Waals surface area contributed by atoms with Crippen molar-refractivity contribution in [1.29, 1.82) is 0 Å². The van der Waals surface area contributed by atoms with E-state index in [9.17, 15) is 4.79 Å². The first-order valence-corrected chi connectivity index (χ1v) is 8.63. The molecule has 0 unspecified atom stereocenters. The van der Waals surface area contributed by atoms with Crippen molar-refractivity contribution < 1.29 is 4.79 Å². The minimum Gasteiger partial charge on any atom is -0.338 e. The van der Waals surface area contributed by atoms with E-state index in [1.807, 2.05) is 11.0 Å². The van der Waals surface area contributed by atoms with Gasteiger partial charge in [-0.2, -0.15) is 0 Å². The van der Waals surface area contributed by atoms with E-state index in [-0.39, 0.29) is 5.91 Å². The fourth-order valence-corrected chi connectivity index (χ4v) is 4.38. The smallest absolute Gasteiger partial charge is 0.264 e. The molecule has 0 bridgehead atoms. The number of likely N-dealkylation sites (tertiary alicyclic amines) is 1. The highest BCUT2D eigenvalue weighted by Crippen LogP contribution is 2.34. The Balaban J connectivity index is 1.99. The monoisotopic (exact) mass is 393 g/mol. The molecule has 100 valence electrons. The van der Waals surface area contributed by atoms with Crippen LogP contribution in [0.2, 0.25) is 0 Å². The van der Waals surface area contributed by atoms with Gasteiger partial charge in [0, 0.05) is 17.6 Å². The van der Waals surface area contributed by atoms with Gasteiger partial charge in [-0.15, -0.1) is 11.3 Å². The van der Waals surface area contributed by atoms with Crippen LogP contribution in [0.3, 0.4) is 0 Å². The van der Waals surface area contributed by atoms with Crippen LogP contribution >= 0.6 is 43.2 Å². The van der Waals surface area contributed by atoms with Gasteiger partial charge in [0.2, 0.25) is 0 Å².